The molecule has 3 heterocycles. The van der Waals surface area contributed by atoms with Crippen LogP contribution in [0.3, 0.4) is 0 Å². The first-order valence-electron chi connectivity index (χ1n) is 8.79. The number of thiophene rings is 1. The molecular formula is C18H20ClN3O5S. The second-order valence-electron chi connectivity index (χ2n) is 6.52. The molecule has 0 saturated carbocycles. The van der Waals surface area contributed by atoms with Crippen LogP contribution in [0.4, 0.5) is 4.79 Å². The number of fused-ring (bicyclic) bond motifs is 1. The number of hydrogen-bond donors (Lipinski definition) is 1. The van der Waals surface area contributed by atoms with E-state index in [1.165, 1.54) is 21.9 Å². The van der Waals surface area contributed by atoms with Gasteiger partial charge in [-0.1, -0.05) is 24.3 Å². The second kappa shape index (κ2) is 8.85. The van der Waals surface area contributed by atoms with E-state index in [4.69, 9.17) is 16.3 Å². The van der Waals surface area contributed by atoms with Crippen molar-refractivity contribution in [2.24, 2.45) is 0 Å². The normalized spacial score (nSPS) is 19.6. The lowest BCUT2D eigenvalue weighted by Crippen LogP contribution is -2.52. The number of aliphatic hydroxyl groups is 1. The van der Waals surface area contributed by atoms with Gasteiger partial charge in [0.2, 0.25) is 0 Å². The number of hydrogen-bond acceptors (Lipinski definition) is 7. The zero-order valence-electron chi connectivity index (χ0n) is 15.0. The van der Waals surface area contributed by atoms with Crippen LogP contribution in [0.15, 0.2) is 29.8 Å². The van der Waals surface area contributed by atoms with Crippen molar-refractivity contribution in [1.82, 2.24) is 14.5 Å². The Balaban J connectivity index is 1.73. The molecule has 3 rings (SSSR count). The predicted octanol–water partition coefficient (Wildman–Crippen LogP) is 2.22. The summed E-state index contributed by atoms with van der Waals surface area (Å²) in [5.41, 5.74) is 0.143. The molecule has 0 aliphatic carbocycles. The van der Waals surface area contributed by atoms with Crippen molar-refractivity contribution in [1.29, 1.82) is 0 Å². The number of aliphatic hydroxyl groups excluding tert-OH is 1. The van der Waals surface area contributed by atoms with Crippen LogP contribution in [0.1, 0.15) is 19.3 Å². The summed E-state index contributed by atoms with van der Waals surface area (Å²) in [5.74, 6) is -0.293. The summed E-state index contributed by atoms with van der Waals surface area (Å²) in [5, 5.41) is 10.3. The van der Waals surface area contributed by atoms with Gasteiger partial charge in [0.25, 0.3) is 5.56 Å². The number of nitrogens with zero attached hydrogens (tertiary/aromatic N) is 3. The summed E-state index contributed by atoms with van der Waals surface area (Å²) in [7, 11) is 0. The maximum atomic E-state index is 12.6. The molecule has 10 heteroatoms. The molecule has 0 radical (unpaired) electrons. The van der Waals surface area contributed by atoms with Crippen molar-refractivity contribution in [3.8, 4) is 0 Å². The van der Waals surface area contributed by atoms with Gasteiger partial charge < -0.3 is 14.7 Å². The molecular weight excluding hydrogens is 406 g/mol. The van der Waals surface area contributed by atoms with Gasteiger partial charge in [0.05, 0.1) is 34.9 Å². The first-order chi connectivity index (χ1) is 13.4. The van der Waals surface area contributed by atoms with E-state index in [2.05, 4.69) is 11.6 Å². The third kappa shape index (κ3) is 4.43. The van der Waals surface area contributed by atoms with Crippen LogP contribution in [-0.4, -0.2) is 56.7 Å². The van der Waals surface area contributed by atoms with Gasteiger partial charge >= 0.3 is 6.09 Å². The van der Waals surface area contributed by atoms with E-state index in [9.17, 15) is 19.5 Å². The van der Waals surface area contributed by atoms with E-state index in [0.29, 0.717) is 33.9 Å². The fraction of sp³-hybridized carbons (Fsp3) is 0.444. The highest BCUT2D eigenvalue weighted by Gasteiger charge is 2.35. The first kappa shape index (κ1) is 20.5. The molecule has 1 amide bonds. The van der Waals surface area contributed by atoms with Gasteiger partial charge in [0.15, 0.2) is 5.78 Å². The molecule has 0 bridgehead atoms. The van der Waals surface area contributed by atoms with Gasteiger partial charge in [-0.2, -0.15) is 0 Å². The molecule has 2 aromatic heterocycles. The van der Waals surface area contributed by atoms with Crippen LogP contribution in [0.25, 0.3) is 10.2 Å². The summed E-state index contributed by atoms with van der Waals surface area (Å²) < 4.78 is 7.09. The largest absolute Gasteiger partial charge is 0.445 e. The van der Waals surface area contributed by atoms with Gasteiger partial charge in [0.1, 0.15) is 11.3 Å². The first-order valence-corrected chi connectivity index (χ1v) is 9.98. The van der Waals surface area contributed by atoms with Gasteiger partial charge in [-0.25, -0.2) is 9.78 Å². The van der Waals surface area contributed by atoms with Gasteiger partial charge in [-0.3, -0.25) is 14.2 Å². The molecule has 2 atom stereocenters. The summed E-state index contributed by atoms with van der Waals surface area (Å²) in [6.45, 7) is 3.74. The number of rotatable bonds is 6. The van der Waals surface area contributed by atoms with E-state index in [1.54, 1.807) is 6.07 Å². The maximum absolute atomic E-state index is 12.6. The Morgan fingerprint density at radius 3 is 3.04 bits per heavy atom. The van der Waals surface area contributed by atoms with Crippen molar-refractivity contribution in [2.45, 2.75) is 38.0 Å². The van der Waals surface area contributed by atoms with E-state index >= 15 is 0 Å². The molecule has 1 N–H and O–H groups in total. The Hall–Kier alpha value is -2.23. The fourth-order valence-corrected chi connectivity index (χ4v) is 4.36. The minimum atomic E-state index is -0.831. The third-order valence-corrected chi connectivity index (χ3v) is 5.80. The van der Waals surface area contributed by atoms with Crippen molar-refractivity contribution in [3.63, 3.8) is 0 Å². The van der Waals surface area contributed by atoms with Crippen LogP contribution >= 0.6 is 22.9 Å². The lowest BCUT2D eigenvalue weighted by atomic mass is 9.95. The van der Waals surface area contributed by atoms with E-state index in [-0.39, 0.29) is 30.9 Å². The van der Waals surface area contributed by atoms with E-state index in [0.717, 1.165) is 11.3 Å². The molecule has 1 saturated heterocycles. The number of carbonyl (C=O) groups is 2. The Bertz CT molecular complexity index is 956. The van der Waals surface area contributed by atoms with E-state index in [1.807, 2.05) is 0 Å². The number of ketones is 1. The van der Waals surface area contributed by atoms with Crippen molar-refractivity contribution in [2.75, 3.05) is 13.2 Å². The summed E-state index contributed by atoms with van der Waals surface area (Å²) in [6, 6.07) is 0.905. The fourth-order valence-electron chi connectivity index (χ4n) is 3.24. The quantitative estimate of drug-likeness (QED) is 0.712. The number of likely N-dealkylation sites (tertiary alicyclic amines) is 1. The van der Waals surface area contributed by atoms with Crippen LogP contribution in [-0.2, 0) is 16.1 Å². The van der Waals surface area contributed by atoms with Gasteiger partial charge in [-0.15, -0.1) is 11.3 Å². The SMILES string of the molecule is C=CCOC(=O)N1CCC[C@@H](O)[C@@H]1CC(=O)Cn1cnc2cc(Cl)sc2c1=O. The highest BCUT2D eigenvalue weighted by atomic mass is 35.5. The number of halogens is 1. The molecule has 0 unspecified atom stereocenters. The lowest BCUT2D eigenvalue weighted by molar-refractivity contribution is -0.122. The Morgan fingerprint density at radius 2 is 2.29 bits per heavy atom. The molecule has 28 heavy (non-hydrogen) atoms. The summed E-state index contributed by atoms with van der Waals surface area (Å²) in [6.07, 6.45) is 2.36. The monoisotopic (exact) mass is 425 g/mol. The van der Waals surface area contributed by atoms with Crippen molar-refractivity contribution in [3.05, 3.63) is 39.7 Å². The third-order valence-electron chi connectivity index (χ3n) is 4.56. The van der Waals surface area contributed by atoms with E-state index < -0.39 is 18.2 Å². The molecule has 1 aliphatic heterocycles. The number of Topliss-reactive ketones (excluding diaryl/α,β-unsaturated/α-hetero) is 1. The van der Waals surface area contributed by atoms with Crippen molar-refractivity contribution >= 4 is 45.0 Å². The minimum Gasteiger partial charge on any atom is -0.445 e. The topological polar surface area (TPSA) is 102 Å². The lowest BCUT2D eigenvalue weighted by Gasteiger charge is -2.37. The maximum Gasteiger partial charge on any atom is 0.410 e. The number of carbonyl (C=O) groups excluding carboxylic acids is 2. The highest BCUT2D eigenvalue weighted by molar-refractivity contribution is 7.22. The molecule has 8 nitrogen and oxygen atoms in total. The van der Waals surface area contributed by atoms with Crippen LogP contribution in [0.5, 0.6) is 0 Å². The Morgan fingerprint density at radius 1 is 1.50 bits per heavy atom. The molecule has 1 aliphatic rings. The molecule has 1 fully saturated rings. The van der Waals surface area contributed by atoms with Crippen LogP contribution < -0.4 is 5.56 Å². The predicted molar refractivity (Wildman–Crippen MR) is 106 cm³/mol. The Labute approximate surface area is 170 Å². The summed E-state index contributed by atoms with van der Waals surface area (Å²) in [4.78, 5) is 42.8. The van der Waals surface area contributed by atoms with Crippen molar-refractivity contribution < 1.29 is 19.4 Å². The second-order valence-corrected chi connectivity index (χ2v) is 8.20. The zero-order valence-corrected chi connectivity index (χ0v) is 16.6. The average molecular weight is 426 g/mol. The summed E-state index contributed by atoms with van der Waals surface area (Å²) >= 11 is 7.03. The number of aromatic nitrogens is 2. The van der Waals surface area contributed by atoms with Gasteiger partial charge in [-0.05, 0) is 18.9 Å². The molecule has 2 aromatic rings. The highest BCUT2D eigenvalue weighted by Crippen LogP contribution is 2.25. The molecule has 150 valence electrons. The molecule has 0 aromatic carbocycles. The standard InChI is InChI=1S/C18H20ClN3O5S/c1-2-6-27-18(26)22-5-3-4-14(24)13(22)7-11(23)9-21-10-20-12-8-15(19)28-16(12)17(21)25/h2,8,10,13-14,24H,1,3-7,9H2/t13-,14+/m0/s1. The number of piperidine rings is 1. The van der Waals surface area contributed by atoms with Gasteiger partial charge in [0, 0.05) is 13.0 Å². The smallest absolute Gasteiger partial charge is 0.410 e. The molecule has 0 spiro atoms. The average Bonchev–Trinajstić information content (AvgIpc) is 3.05. The van der Waals surface area contributed by atoms with Crippen LogP contribution in [0.2, 0.25) is 4.34 Å². The number of ether oxygens (including phenoxy) is 1. The minimum absolute atomic E-state index is 0.0521. The van der Waals surface area contributed by atoms with Crippen LogP contribution in [0, 0.1) is 0 Å². The zero-order chi connectivity index (χ0) is 20.3. The Kier molecular flexibility index (Phi) is 6.48. The number of amides is 1.